The van der Waals surface area contributed by atoms with E-state index in [1.807, 2.05) is 0 Å². The van der Waals surface area contributed by atoms with Gasteiger partial charge in [0.2, 0.25) is 0 Å². The maximum absolute atomic E-state index is 2.63. The summed E-state index contributed by atoms with van der Waals surface area (Å²) < 4.78 is 7.71. The molecule has 0 atom stereocenters. The molecule has 0 saturated carbocycles. The summed E-state index contributed by atoms with van der Waals surface area (Å²) in [6.07, 6.45) is 5.88. The van der Waals surface area contributed by atoms with Crippen LogP contribution >= 0.6 is 0 Å². The first-order chi connectivity index (χ1) is 10.6. The van der Waals surface area contributed by atoms with E-state index in [-0.39, 0.29) is 35.8 Å². The normalized spacial score (nSPS) is 14.4. The van der Waals surface area contributed by atoms with Crippen LogP contribution in [0.1, 0.15) is 28.1 Å². The van der Waals surface area contributed by atoms with Gasteiger partial charge in [-0.25, -0.2) is 0 Å². The predicted molar refractivity (Wildman–Crippen MR) is 103 cm³/mol. The van der Waals surface area contributed by atoms with Gasteiger partial charge in [0.05, 0.1) is 0 Å². The molecule has 0 spiro atoms. The van der Waals surface area contributed by atoms with Crippen LogP contribution in [0.5, 0.6) is 0 Å². The zero-order valence-electron chi connectivity index (χ0n) is 14.3. The number of rotatable bonds is 2. The molecule has 0 fully saturated rings. The molecule has 2 aromatic carbocycles. The van der Waals surface area contributed by atoms with E-state index in [0.29, 0.717) is 3.63 Å². The van der Waals surface area contributed by atoms with Crippen LogP contribution in [-0.4, -0.2) is 11.0 Å². The van der Waals surface area contributed by atoms with Crippen molar-refractivity contribution in [3.63, 3.8) is 0 Å². The van der Waals surface area contributed by atoms with E-state index in [2.05, 4.69) is 76.9 Å². The van der Waals surface area contributed by atoms with Gasteiger partial charge in [-0.3, -0.25) is 0 Å². The van der Waals surface area contributed by atoms with Crippen molar-refractivity contribution in [2.75, 3.05) is 0 Å². The second kappa shape index (κ2) is 8.53. The van der Waals surface area contributed by atoms with Gasteiger partial charge in [-0.2, -0.15) is 0 Å². The SMILES string of the molecule is CC1=[C]([Zr+2]([CH3])([CH3])[CH]2c3ccccc3-c3ccccc32)CC=C1.[Cl-].[Cl-].[SiH4]. The fraction of sp³-hybridized carbons (Fsp3) is 0.238. The maximum Gasteiger partial charge on any atom is -0.0149 e. The number of halogens is 2. The molecule has 2 aromatic rings. The second-order valence-corrected chi connectivity index (χ2v) is 18.5. The summed E-state index contributed by atoms with van der Waals surface area (Å²) in [4.78, 5) is 0. The molecular weight excluding hydrogens is 442 g/mol. The standard InChI is InChI=1S/C13H9.C6H7.2CH3.2ClH.H4Si.Zr/c1-3-7-12-10(5-1)9-11-6-2-4-8-13(11)12;1-6-4-2-3-5-6;;;;;;/h1-9H;2,4H,3H2,1H3;2*1H3;2*1H;1H4;/q;;;;;;;+2/p-2. The van der Waals surface area contributed by atoms with E-state index >= 15 is 0 Å². The summed E-state index contributed by atoms with van der Waals surface area (Å²) in [5.41, 5.74) is 7.64. The molecule has 25 heavy (non-hydrogen) atoms. The molecule has 0 aromatic heterocycles. The third kappa shape index (κ3) is 3.56. The number of benzene rings is 2. The molecule has 0 heterocycles. The van der Waals surface area contributed by atoms with Gasteiger partial charge in [0.25, 0.3) is 0 Å². The van der Waals surface area contributed by atoms with Crippen molar-refractivity contribution in [1.82, 2.24) is 0 Å². The van der Waals surface area contributed by atoms with Crippen LogP contribution in [0.3, 0.4) is 0 Å². The molecule has 0 bridgehead atoms. The van der Waals surface area contributed by atoms with Crippen molar-refractivity contribution >= 4 is 11.0 Å². The topological polar surface area (TPSA) is 0 Å². The zero-order chi connectivity index (χ0) is 15.3. The molecule has 2 aliphatic carbocycles. The first-order valence-corrected chi connectivity index (χ1v) is 15.7. The summed E-state index contributed by atoms with van der Waals surface area (Å²) in [5, 5.41) is 0. The van der Waals surface area contributed by atoms with Crippen LogP contribution < -0.4 is 24.8 Å². The number of hydrogen-bond donors (Lipinski definition) is 0. The van der Waals surface area contributed by atoms with E-state index in [1.54, 1.807) is 20.0 Å². The van der Waals surface area contributed by atoms with Crippen molar-refractivity contribution in [3.05, 3.63) is 80.7 Å². The molecule has 0 radical (unpaired) electrons. The zero-order valence-corrected chi connectivity index (χ0v) is 18.3. The third-order valence-corrected chi connectivity index (χ3v) is 15.9. The maximum atomic E-state index is 2.63. The molecule has 0 saturated heterocycles. The summed E-state index contributed by atoms with van der Waals surface area (Å²) >= 11 is -2.47. The minimum absolute atomic E-state index is 0. The number of allylic oxidation sites excluding steroid dienone is 4. The Kier molecular flexibility index (Phi) is 7.72. The first kappa shape index (κ1) is 22.6. The summed E-state index contributed by atoms with van der Waals surface area (Å²) in [6, 6.07) is 18.2. The molecule has 0 N–H and O–H groups in total. The molecule has 4 rings (SSSR count). The Morgan fingerprint density at radius 3 is 1.76 bits per heavy atom. The largest absolute Gasteiger partial charge is 1.00 e. The van der Waals surface area contributed by atoms with Gasteiger partial charge in [0, 0.05) is 0 Å². The van der Waals surface area contributed by atoms with E-state index in [9.17, 15) is 0 Å². The predicted octanol–water partition coefficient (Wildman–Crippen LogP) is -1.20. The summed E-state index contributed by atoms with van der Waals surface area (Å²) in [7, 11) is 0. The number of fused-ring (bicyclic) bond motifs is 3. The molecule has 0 aliphatic heterocycles. The van der Waals surface area contributed by atoms with E-state index in [4.69, 9.17) is 0 Å². The van der Waals surface area contributed by atoms with Gasteiger partial charge < -0.3 is 24.8 Å². The molecule has 0 nitrogen and oxygen atoms in total. The average molecular weight is 469 g/mol. The minimum atomic E-state index is -2.47. The molecule has 0 amide bonds. The molecular formula is C21H26Cl2SiZr. The smallest absolute Gasteiger partial charge is 0.0149 e. The van der Waals surface area contributed by atoms with E-state index in [0.717, 1.165) is 0 Å². The van der Waals surface area contributed by atoms with Gasteiger partial charge in [0.15, 0.2) is 0 Å². The van der Waals surface area contributed by atoms with Crippen molar-refractivity contribution in [3.8, 4) is 11.1 Å². The van der Waals surface area contributed by atoms with Crippen LogP contribution in [0.25, 0.3) is 11.1 Å². The van der Waals surface area contributed by atoms with Crippen LogP contribution in [0.15, 0.2) is 69.5 Å². The molecule has 132 valence electrons. The molecule has 4 heteroatoms. The Hall–Kier alpha value is -0.400. The fourth-order valence-electron chi connectivity index (χ4n) is 4.49. The second-order valence-electron chi connectivity index (χ2n) is 7.10. The summed E-state index contributed by atoms with van der Waals surface area (Å²) in [5.74, 6) is 0. The van der Waals surface area contributed by atoms with Crippen LogP contribution in [0, 0.1) is 0 Å². The Labute approximate surface area is 173 Å². The van der Waals surface area contributed by atoms with E-state index in [1.165, 1.54) is 17.5 Å². The van der Waals surface area contributed by atoms with Gasteiger partial charge >= 0.3 is 138 Å². The monoisotopic (exact) mass is 466 g/mol. The average Bonchev–Trinajstić information content (AvgIpc) is 3.09. The van der Waals surface area contributed by atoms with Gasteiger partial charge in [-0.1, -0.05) is 0 Å². The van der Waals surface area contributed by atoms with Crippen molar-refractivity contribution in [1.29, 1.82) is 0 Å². The van der Waals surface area contributed by atoms with Gasteiger partial charge in [-0.15, -0.1) is 0 Å². The van der Waals surface area contributed by atoms with Crippen LogP contribution in [0.2, 0.25) is 9.26 Å². The fourth-order valence-corrected chi connectivity index (χ4v) is 14.7. The van der Waals surface area contributed by atoms with Crippen molar-refractivity contribution in [2.24, 2.45) is 0 Å². The van der Waals surface area contributed by atoms with Crippen LogP contribution in [0.4, 0.5) is 0 Å². The van der Waals surface area contributed by atoms with Crippen molar-refractivity contribution in [2.45, 2.75) is 26.2 Å². The summed E-state index contributed by atoms with van der Waals surface area (Å²) in [6.45, 7) is 2.31. The quantitative estimate of drug-likeness (QED) is 0.486. The van der Waals surface area contributed by atoms with Crippen LogP contribution in [-0.2, 0) is 20.3 Å². The molecule has 0 unspecified atom stereocenters. The van der Waals surface area contributed by atoms with Gasteiger partial charge in [-0.05, 0) is 11.0 Å². The van der Waals surface area contributed by atoms with E-state index < -0.39 is 20.3 Å². The van der Waals surface area contributed by atoms with Gasteiger partial charge in [0.1, 0.15) is 0 Å². The Bertz CT molecular complexity index is 779. The number of hydrogen-bond acceptors (Lipinski definition) is 0. The minimum Gasteiger partial charge on any atom is -1.00 e. The first-order valence-electron chi connectivity index (χ1n) is 8.15. The molecule has 2 aliphatic rings. The van der Waals surface area contributed by atoms with Crippen molar-refractivity contribution < 1.29 is 45.1 Å². The Balaban J connectivity index is 0.00000104. The third-order valence-electron chi connectivity index (χ3n) is 5.50. The Morgan fingerprint density at radius 2 is 1.32 bits per heavy atom. The Morgan fingerprint density at radius 1 is 0.840 bits per heavy atom.